The van der Waals surface area contributed by atoms with E-state index >= 15 is 0 Å². The van der Waals surface area contributed by atoms with E-state index in [-0.39, 0.29) is 6.42 Å². The van der Waals surface area contributed by atoms with E-state index in [0.29, 0.717) is 5.69 Å². The Bertz CT molecular complexity index is 710. The summed E-state index contributed by atoms with van der Waals surface area (Å²) in [4.78, 5) is 23.8. The van der Waals surface area contributed by atoms with Crippen LogP contribution in [-0.4, -0.2) is 11.9 Å². The zero-order chi connectivity index (χ0) is 17.7. The molecule has 126 valence electrons. The van der Waals surface area contributed by atoms with Crippen molar-refractivity contribution in [1.29, 1.82) is 0 Å². The predicted octanol–water partition coefficient (Wildman–Crippen LogP) is 2.32. The van der Waals surface area contributed by atoms with Crippen LogP contribution in [0.15, 0.2) is 48.5 Å². The minimum atomic E-state index is -1.27. The van der Waals surface area contributed by atoms with Gasteiger partial charge in [0.2, 0.25) is 5.91 Å². The fourth-order valence-corrected chi connectivity index (χ4v) is 2.41. The quantitative estimate of drug-likeness (QED) is 0.885. The van der Waals surface area contributed by atoms with Gasteiger partial charge in [0, 0.05) is 23.5 Å². The maximum atomic E-state index is 12.9. The number of carbonyl (C=O) groups is 2. The average Bonchev–Trinajstić information content (AvgIpc) is 2.55. The predicted molar refractivity (Wildman–Crippen MR) is 87.6 cm³/mol. The second kappa shape index (κ2) is 7.73. The van der Waals surface area contributed by atoms with Gasteiger partial charge in [-0.2, -0.15) is 0 Å². The van der Waals surface area contributed by atoms with E-state index in [2.05, 4.69) is 5.32 Å². The number of halogens is 1. The standard InChI is InChI=1S/C19H20FNO3/c1-12-3-5-14(6-4-12)11-17(19(23)24)13(2)18(22)21-16-9-7-15(20)8-10-16/h3-10,13,17H,11H2,1-2H3,(H,21,22)(H,23,24)/p-1/t13-,17-/m0/s1. The molecule has 2 aromatic rings. The Morgan fingerprint density at radius 2 is 1.67 bits per heavy atom. The lowest BCUT2D eigenvalue weighted by molar-refractivity contribution is -0.312. The molecule has 2 rings (SSSR count). The van der Waals surface area contributed by atoms with Crippen molar-refractivity contribution in [1.82, 2.24) is 0 Å². The summed E-state index contributed by atoms with van der Waals surface area (Å²) in [5.74, 6) is -3.86. The highest BCUT2D eigenvalue weighted by molar-refractivity contribution is 5.94. The first-order valence-corrected chi connectivity index (χ1v) is 7.69. The Balaban J connectivity index is 2.08. The van der Waals surface area contributed by atoms with E-state index in [1.807, 2.05) is 31.2 Å². The number of hydrogen-bond donors (Lipinski definition) is 1. The van der Waals surface area contributed by atoms with Crippen LogP contribution in [0.25, 0.3) is 0 Å². The second-order valence-corrected chi connectivity index (χ2v) is 5.90. The van der Waals surface area contributed by atoms with Crippen LogP contribution < -0.4 is 10.4 Å². The van der Waals surface area contributed by atoms with Gasteiger partial charge in [-0.05, 0) is 43.2 Å². The molecule has 0 spiro atoms. The number of carbonyl (C=O) groups excluding carboxylic acids is 2. The first-order chi connectivity index (χ1) is 11.4. The van der Waals surface area contributed by atoms with Crippen molar-refractivity contribution in [3.8, 4) is 0 Å². The van der Waals surface area contributed by atoms with Gasteiger partial charge in [-0.25, -0.2) is 4.39 Å². The lowest BCUT2D eigenvalue weighted by Crippen LogP contribution is -2.40. The van der Waals surface area contributed by atoms with Gasteiger partial charge in [-0.15, -0.1) is 0 Å². The molecule has 0 bridgehead atoms. The lowest BCUT2D eigenvalue weighted by atomic mass is 9.87. The molecular formula is C19H19FNO3-. The van der Waals surface area contributed by atoms with Crippen molar-refractivity contribution in [2.45, 2.75) is 20.3 Å². The van der Waals surface area contributed by atoms with E-state index in [9.17, 15) is 19.1 Å². The smallest absolute Gasteiger partial charge is 0.227 e. The highest BCUT2D eigenvalue weighted by atomic mass is 19.1. The molecule has 1 amide bonds. The van der Waals surface area contributed by atoms with Gasteiger partial charge >= 0.3 is 0 Å². The summed E-state index contributed by atoms with van der Waals surface area (Å²) in [6, 6.07) is 12.8. The zero-order valence-corrected chi connectivity index (χ0v) is 13.6. The minimum Gasteiger partial charge on any atom is -0.550 e. The van der Waals surface area contributed by atoms with Crippen molar-refractivity contribution in [3.63, 3.8) is 0 Å². The normalized spacial score (nSPS) is 13.1. The molecule has 0 aliphatic rings. The molecule has 0 aromatic heterocycles. The van der Waals surface area contributed by atoms with Crippen LogP contribution >= 0.6 is 0 Å². The lowest BCUT2D eigenvalue weighted by Gasteiger charge is -2.24. The summed E-state index contributed by atoms with van der Waals surface area (Å²) >= 11 is 0. The van der Waals surface area contributed by atoms with Crippen LogP contribution in [0.4, 0.5) is 10.1 Å². The molecule has 2 aromatic carbocycles. The molecule has 0 saturated carbocycles. The first kappa shape index (κ1) is 17.7. The molecule has 0 aliphatic heterocycles. The summed E-state index contributed by atoms with van der Waals surface area (Å²) < 4.78 is 12.9. The number of anilines is 1. The van der Waals surface area contributed by atoms with E-state index in [1.165, 1.54) is 24.3 Å². The number of rotatable bonds is 6. The third kappa shape index (κ3) is 4.65. The van der Waals surface area contributed by atoms with Gasteiger partial charge in [0.1, 0.15) is 5.82 Å². The summed E-state index contributed by atoms with van der Waals surface area (Å²) in [6.45, 7) is 3.49. The third-order valence-corrected chi connectivity index (χ3v) is 4.01. The van der Waals surface area contributed by atoms with Crippen LogP contribution in [0.1, 0.15) is 18.1 Å². The van der Waals surface area contributed by atoms with E-state index < -0.39 is 29.5 Å². The van der Waals surface area contributed by atoms with Crippen LogP contribution in [-0.2, 0) is 16.0 Å². The second-order valence-electron chi connectivity index (χ2n) is 5.90. The molecule has 0 unspecified atom stereocenters. The maximum Gasteiger partial charge on any atom is 0.227 e. The zero-order valence-electron chi connectivity index (χ0n) is 13.6. The van der Waals surface area contributed by atoms with Crippen molar-refractivity contribution < 1.29 is 19.1 Å². The van der Waals surface area contributed by atoms with E-state index in [0.717, 1.165) is 11.1 Å². The van der Waals surface area contributed by atoms with Gasteiger partial charge < -0.3 is 15.2 Å². The highest BCUT2D eigenvalue weighted by Gasteiger charge is 2.25. The average molecular weight is 328 g/mol. The number of benzene rings is 2. The fraction of sp³-hybridized carbons (Fsp3) is 0.263. The molecule has 0 saturated heterocycles. The Kier molecular flexibility index (Phi) is 5.68. The van der Waals surface area contributed by atoms with Crippen molar-refractivity contribution in [2.24, 2.45) is 11.8 Å². The molecule has 0 aliphatic carbocycles. The Labute approximate surface area is 140 Å². The van der Waals surface area contributed by atoms with Gasteiger partial charge in [0.15, 0.2) is 0 Å². The van der Waals surface area contributed by atoms with Crippen molar-refractivity contribution >= 4 is 17.6 Å². The summed E-state index contributed by atoms with van der Waals surface area (Å²) in [5.41, 5.74) is 2.32. The minimum absolute atomic E-state index is 0.209. The summed E-state index contributed by atoms with van der Waals surface area (Å²) in [6.07, 6.45) is 0.209. The van der Waals surface area contributed by atoms with Crippen LogP contribution in [0.2, 0.25) is 0 Å². The number of aliphatic carboxylic acids is 1. The molecule has 1 N–H and O–H groups in total. The maximum absolute atomic E-state index is 12.9. The van der Waals surface area contributed by atoms with Crippen LogP contribution in [0.3, 0.4) is 0 Å². The number of carboxylic acid groups (broad SMARTS) is 1. The summed E-state index contributed by atoms with van der Waals surface area (Å²) in [7, 11) is 0. The monoisotopic (exact) mass is 328 g/mol. The topological polar surface area (TPSA) is 69.2 Å². The molecule has 5 heteroatoms. The molecule has 2 atom stereocenters. The number of aryl methyl sites for hydroxylation is 1. The Morgan fingerprint density at radius 3 is 2.21 bits per heavy atom. The number of nitrogens with one attached hydrogen (secondary N) is 1. The number of hydrogen-bond acceptors (Lipinski definition) is 3. The van der Waals surface area contributed by atoms with E-state index in [1.54, 1.807) is 6.92 Å². The summed E-state index contributed by atoms with van der Waals surface area (Å²) in [5, 5.41) is 14.1. The largest absolute Gasteiger partial charge is 0.550 e. The molecule has 0 radical (unpaired) electrons. The van der Waals surface area contributed by atoms with Crippen LogP contribution in [0.5, 0.6) is 0 Å². The molecule has 24 heavy (non-hydrogen) atoms. The molecule has 0 fully saturated rings. The van der Waals surface area contributed by atoms with Crippen LogP contribution in [0, 0.1) is 24.6 Å². The van der Waals surface area contributed by atoms with Crippen molar-refractivity contribution in [2.75, 3.05) is 5.32 Å². The SMILES string of the molecule is Cc1ccc(C[C@H](C(=O)[O-])[C@H](C)C(=O)Nc2ccc(F)cc2)cc1. The van der Waals surface area contributed by atoms with Gasteiger partial charge in [-0.3, -0.25) is 4.79 Å². The fourth-order valence-electron chi connectivity index (χ4n) is 2.41. The molecule has 4 nitrogen and oxygen atoms in total. The van der Waals surface area contributed by atoms with E-state index in [4.69, 9.17) is 0 Å². The van der Waals surface area contributed by atoms with Gasteiger partial charge in [-0.1, -0.05) is 36.8 Å². The number of carboxylic acids is 1. The molecular weight excluding hydrogens is 309 g/mol. The Morgan fingerprint density at radius 1 is 1.08 bits per heavy atom. The van der Waals surface area contributed by atoms with Gasteiger partial charge in [0.05, 0.1) is 0 Å². The Hall–Kier alpha value is -2.69. The first-order valence-electron chi connectivity index (χ1n) is 7.69. The highest BCUT2D eigenvalue weighted by Crippen LogP contribution is 2.20. The third-order valence-electron chi connectivity index (χ3n) is 4.01. The van der Waals surface area contributed by atoms with Crippen molar-refractivity contribution in [3.05, 3.63) is 65.5 Å². The number of amides is 1. The molecule has 0 heterocycles. The van der Waals surface area contributed by atoms with Gasteiger partial charge in [0.25, 0.3) is 0 Å².